The van der Waals surface area contributed by atoms with Gasteiger partial charge in [0.15, 0.2) is 5.82 Å². The third kappa shape index (κ3) is 4.98. The van der Waals surface area contributed by atoms with Crippen molar-refractivity contribution in [2.24, 2.45) is 5.92 Å². The van der Waals surface area contributed by atoms with Gasteiger partial charge in [-0.1, -0.05) is 53.7 Å². The van der Waals surface area contributed by atoms with Gasteiger partial charge in [0, 0.05) is 18.9 Å². The number of rotatable bonds is 7. The van der Waals surface area contributed by atoms with E-state index in [0.717, 1.165) is 31.3 Å². The van der Waals surface area contributed by atoms with E-state index in [1.165, 1.54) is 24.0 Å². The standard InChI is InChI=1S/C23H27N3O2/c1-18-8-5-6-12-21(18)27-17-20-11-7-13-26(15-20)16-23-24-22(25-28-23)14-19-9-3-2-4-10-19/h2-6,8-10,12,20H,7,11,13-17H2,1H3. The van der Waals surface area contributed by atoms with Crippen LogP contribution in [-0.2, 0) is 13.0 Å². The van der Waals surface area contributed by atoms with Crippen LogP contribution in [0.3, 0.4) is 0 Å². The number of likely N-dealkylation sites (tertiary alicyclic amines) is 1. The molecule has 1 aromatic heterocycles. The number of ether oxygens (including phenoxy) is 1. The highest BCUT2D eigenvalue weighted by Crippen LogP contribution is 2.22. The van der Waals surface area contributed by atoms with Crippen molar-refractivity contribution in [3.8, 4) is 5.75 Å². The predicted octanol–water partition coefficient (Wildman–Crippen LogP) is 4.26. The Morgan fingerprint density at radius 1 is 1.11 bits per heavy atom. The van der Waals surface area contributed by atoms with Crippen molar-refractivity contribution in [3.05, 3.63) is 77.4 Å². The molecular weight excluding hydrogens is 350 g/mol. The number of hydrogen-bond donors (Lipinski definition) is 0. The van der Waals surface area contributed by atoms with Crippen LogP contribution < -0.4 is 4.74 Å². The predicted molar refractivity (Wildman–Crippen MR) is 108 cm³/mol. The summed E-state index contributed by atoms with van der Waals surface area (Å²) in [4.78, 5) is 6.98. The van der Waals surface area contributed by atoms with Gasteiger partial charge in [-0.2, -0.15) is 4.98 Å². The summed E-state index contributed by atoms with van der Waals surface area (Å²) < 4.78 is 11.6. The second kappa shape index (κ2) is 9.02. The van der Waals surface area contributed by atoms with Crippen LogP contribution in [0.4, 0.5) is 0 Å². The maximum absolute atomic E-state index is 6.07. The van der Waals surface area contributed by atoms with Crippen molar-refractivity contribution in [1.29, 1.82) is 0 Å². The molecule has 1 aliphatic heterocycles. The van der Waals surface area contributed by atoms with Crippen LogP contribution in [0.2, 0.25) is 0 Å². The van der Waals surface area contributed by atoms with Crippen LogP contribution >= 0.6 is 0 Å². The van der Waals surface area contributed by atoms with E-state index in [4.69, 9.17) is 9.26 Å². The molecule has 0 aliphatic carbocycles. The van der Waals surface area contributed by atoms with Gasteiger partial charge < -0.3 is 9.26 Å². The Morgan fingerprint density at radius 3 is 2.79 bits per heavy atom. The van der Waals surface area contributed by atoms with Gasteiger partial charge in [-0.15, -0.1) is 0 Å². The fraction of sp³-hybridized carbons (Fsp3) is 0.391. The molecule has 5 heteroatoms. The lowest BCUT2D eigenvalue weighted by Gasteiger charge is -2.31. The SMILES string of the molecule is Cc1ccccc1OCC1CCCN(Cc2nc(Cc3ccccc3)no2)C1. The van der Waals surface area contributed by atoms with Gasteiger partial charge in [-0.3, -0.25) is 4.90 Å². The summed E-state index contributed by atoms with van der Waals surface area (Å²) >= 11 is 0. The van der Waals surface area contributed by atoms with Gasteiger partial charge in [-0.25, -0.2) is 0 Å². The molecule has 0 amide bonds. The summed E-state index contributed by atoms with van der Waals surface area (Å²) in [5.41, 5.74) is 2.38. The normalized spacial score (nSPS) is 17.5. The molecule has 4 rings (SSSR count). The molecule has 146 valence electrons. The molecule has 2 aromatic carbocycles. The lowest BCUT2D eigenvalue weighted by atomic mass is 9.99. The van der Waals surface area contributed by atoms with Gasteiger partial charge in [0.25, 0.3) is 0 Å². The average Bonchev–Trinajstić information content (AvgIpc) is 3.15. The van der Waals surface area contributed by atoms with E-state index in [9.17, 15) is 0 Å². The Bertz CT molecular complexity index is 878. The number of nitrogens with zero attached hydrogens (tertiary/aromatic N) is 3. The Hall–Kier alpha value is -2.66. The second-order valence-electron chi connectivity index (χ2n) is 7.59. The molecule has 1 saturated heterocycles. The molecule has 0 saturated carbocycles. The maximum atomic E-state index is 6.07. The van der Waals surface area contributed by atoms with E-state index in [1.54, 1.807) is 0 Å². The number of aromatic nitrogens is 2. The topological polar surface area (TPSA) is 51.4 Å². The molecule has 1 unspecified atom stereocenters. The molecule has 2 heterocycles. The summed E-state index contributed by atoms with van der Waals surface area (Å²) in [5.74, 6) is 2.96. The molecule has 0 radical (unpaired) electrons. The Labute approximate surface area is 166 Å². The van der Waals surface area contributed by atoms with E-state index in [-0.39, 0.29) is 0 Å². The summed E-state index contributed by atoms with van der Waals surface area (Å²) in [5, 5.41) is 4.14. The zero-order valence-electron chi connectivity index (χ0n) is 16.4. The summed E-state index contributed by atoms with van der Waals surface area (Å²) in [7, 11) is 0. The number of hydrogen-bond acceptors (Lipinski definition) is 5. The Morgan fingerprint density at radius 2 is 1.93 bits per heavy atom. The molecule has 0 N–H and O–H groups in total. The molecular formula is C23H27N3O2. The monoisotopic (exact) mass is 377 g/mol. The van der Waals surface area contributed by atoms with Crippen molar-refractivity contribution in [1.82, 2.24) is 15.0 Å². The van der Waals surface area contributed by atoms with Gasteiger partial charge in [-0.05, 0) is 43.5 Å². The highest BCUT2D eigenvalue weighted by molar-refractivity contribution is 5.31. The number of piperidine rings is 1. The highest BCUT2D eigenvalue weighted by atomic mass is 16.5. The first kappa shape index (κ1) is 18.7. The molecule has 0 spiro atoms. The van der Waals surface area contributed by atoms with Gasteiger partial charge in [0.05, 0.1) is 13.2 Å². The average molecular weight is 377 g/mol. The molecule has 1 fully saturated rings. The van der Waals surface area contributed by atoms with Crippen molar-refractivity contribution in [2.45, 2.75) is 32.7 Å². The van der Waals surface area contributed by atoms with E-state index in [0.29, 0.717) is 24.8 Å². The maximum Gasteiger partial charge on any atom is 0.240 e. The van der Waals surface area contributed by atoms with E-state index < -0.39 is 0 Å². The number of aryl methyl sites for hydroxylation is 1. The minimum atomic E-state index is 0.528. The zero-order valence-corrected chi connectivity index (χ0v) is 16.4. The largest absolute Gasteiger partial charge is 0.493 e. The van der Waals surface area contributed by atoms with Crippen LogP contribution in [0.25, 0.3) is 0 Å². The van der Waals surface area contributed by atoms with Crippen LogP contribution in [0.1, 0.15) is 35.7 Å². The molecule has 1 atom stereocenters. The van der Waals surface area contributed by atoms with Crippen molar-refractivity contribution >= 4 is 0 Å². The highest BCUT2D eigenvalue weighted by Gasteiger charge is 2.22. The van der Waals surface area contributed by atoms with Crippen molar-refractivity contribution < 1.29 is 9.26 Å². The van der Waals surface area contributed by atoms with Crippen molar-refractivity contribution in [3.63, 3.8) is 0 Å². The number of para-hydroxylation sites is 1. The van der Waals surface area contributed by atoms with Crippen LogP contribution in [-0.4, -0.2) is 34.7 Å². The summed E-state index contributed by atoms with van der Waals surface area (Å²) in [6.07, 6.45) is 3.08. The molecule has 28 heavy (non-hydrogen) atoms. The molecule has 3 aromatic rings. The van der Waals surface area contributed by atoms with Gasteiger partial charge >= 0.3 is 0 Å². The summed E-state index contributed by atoms with van der Waals surface area (Å²) in [6.45, 7) is 5.62. The van der Waals surface area contributed by atoms with E-state index in [1.807, 2.05) is 36.4 Å². The van der Waals surface area contributed by atoms with E-state index >= 15 is 0 Å². The van der Waals surface area contributed by atoms with Crippen LogP contribution in [0.5, 0.6) is 5.75 Å². The Balaban J connectivity index is 1.28. The first-order valence-electron chi connectivity index (χ1n) is 10.0. The summed E-state index contributed by atoms with van der Waals surface area (Å²) in [6, 6.07) is 18.4. The zero-order chi connectivity index (χ0) is 19.2. The first-order chi connectivity index (χ1) is 13.8. The minimum Gasteiger partial charge on any atom is -0.493 e. The smallest absolute Gasteiger partial charge is 0.240 e. The first-order valence-corrected chi connectivity index (χ1v) is 10.0. The number of benzene rings is 2. The lowest BCUT2D eigenvalue weighted by Crippen LogP contribution is -2.37. The minimum absolute atomic E-state index is 0.528. The third-order valence-corrected chi connectivity index (χ3v) is 5.25. The Kier molecular flexibility index (Phi) is 6.02. The molecule has 5 nitrogen and oxygen atoms in total. The molecule has 0 bridgehead atoms. The van der Waals surface area contributed by atoms with Crippen molar-refractivity contribution in [2.75, 3.05) is 19.7 Å². The quantitative estimate of drug-likeness (QED) is 0.616. The third-order valence-electron chi connectivity index (χ3n) is 5.25. The second-order valence-corrected chi connectivity index (χ2v) is 7.59. The lowest BCUT2D eigenvalue weighted by molar-refractivity contribution is 0.115. The van der Waals surface area contributed by atoms with Crippen LogP contribution in [0, 0.1) is 12.8 Å². The van der Waals surface area contributed by atoms with E-state index in [2.05, 4.69) is 40.2 Å². The van der Waals surface area contributed by atoms with Crippen LogP contribution in [0.15, 0.2) is 59.1 Å². The van der Waals surface area contributed by atoms with Gasteiger partial charge in [0.2, 0.25) is 5.89 Å². The fourth-order valence-electron chi connectivity index (χ4n) is 3.75. The van der Waals surface area contributed by atoms with Gasteiger partial charge in [0.1, 0.15) is 5.75 Å². The fourth-order valence-corrected chi connectivity index (χ4v) is 3.75. The molecule has 1 aliphatic rings.